The summed E-state index contributed by atoms with van der Waals surface area (Å²) in [6.07, 6.45) is -0.154. The third-order valence-corrected chi connectivity index (χ3v) is 9.21. The first-order chi connectivity index (χ1) is 24.5. The van der Waals surface area contributed by atoms with Gasteiger partial charge >= 0.3 is 33.8 Å². The van der Waals surface area contributed by atoms with Gasteiger partial charge in [0.1, 0.15) is 24.4 Å². The van der Waals surface area contributed by atoms with Crippen LogP contribution in [0, 0.1) is 0 Å². The van der Waals surface area contributed by atoms with Crippen molar-refractivity contribution in [3.8, 4) is 22.0 Å². The zero-order valence-corrected chi connectivity index (χ0v) is 29.1. The lowest BCUT2D eigenvalue weighted by atomic mass is 10.1. The van der Waals surface area contributed by atoms with Crippen molar-refractivity contribution >= 4 is 33.5 Å². The number of nitrogens with two attached hydrogens (primary N) is 1. The minimum Gasteiger partial charge on any atom is -0.491 e. The van der Waals surface area contributed by atoms with Crippen LogP contribution in [0.1, 0.15) is 23.4 Å². The topological polar surface area (TPSA) is 163 Å². The van der Waals surface area contributed by atoms with Crippen molar-refractivity contribution in [1.82, 2.24) is 25.1 Å². The van der Waals surface area contributed by atoms with Gasteiger partial charge in [0.15, 0.2) is 17.6 Å². The number of thiazole rings is 1. The number of halogens is 6. The van der Waals surface area contributed by atoms with Crippen LogP contribution in [-0.2, 0) is 45.4 Å². The van der Waals surface area contributed by atoms with Crippen molar-refractivity contribution in [2.75, 3.05) is 32.8 Å². The maximum Gasteiger partial charge on any atom is 0.534 e. The Bertz CT molecular complexity index is 1940. The zero-order valence-electron chi connectivity index (χ0n) is 27.5. The van der Waals surface area contributed by atoms with E-state index in [1.807, 2.05) is 46.9 Å². The van der Waals surface area contributed by atoms with Gasteiger partial charge in [-0.1, -0.05) is 30.3 Å². The van der Waals surface area contributed by atoms with E-state index in [2.05, 4.69) is 44.4 Å². The molecule has 3 N–H and O–H groups in total. The first-order valence-corrected chi connectivity index (χ1v) is 17.8. The third-order valence-electron chi connectivity index (χ3n) is 7.34. The number of nitrogens with one attached hydrogen (secondary N) is 1. The largest absolute Gasteiger partial charge is 0.534 e. The fourth-order valence-electron chi connectivity index (χ4n) is 4.68. The third kappa shape index (κ3) is 10.9. The van der Waals surface area contributed by atoms with Crippen molar-refractivity contribution < 1.29 is 58.0 Å². The monoisotopic (exact) mass is 778 g/mol. The minimum absolute atomic E-state index is 0.0420. The molecule has 0 bridgehead atoms. The van der Waals surface area contributed by atoms with Crippen LogP contribution in [0.4, 0.5) is 31.1 Å². The smallest absolute Gasteiger partial charge is 0.491 e. The van der Waals surface area contributed by atoms with Gasteiger partial charge in [-0.15, -0.1) is 20.7 Å². The summed E-state index contributed by atoms with van der Waals surface area (Å²) in [7, 11) is -4.60. The number of alkyl halides is 6. The van der Waals surface area contributed by atoms with Gasteiger partial charge in [-0.3, -0.25) is 0 Å². The average molecular weight is 779 g/mol. The maximum absolute atomic E-state index is 11.9. The second-order valence-electron chi connectivity index (χ2n) is 11.1. The second kappa shape index (κ2) is 17.2. The van der Waals surface area contributed by atoms with Crippen LogP contribution >= 0.6 is 11.3 Å². The van der Waals surface area contributed by atoms with Crippen molar-refractivity contribution in [1.29, 1.82) is 0 Å². The zero-order chi connectivity index (χ0) is 38.1. The summed E-state index contributed by atoms with van der Waals surface area (Å²) in [5.74, 6) is -2.72. The van der Waals surface area contributed by atoms with Crippen LogP contribution < -0.4 is 20.5 Å². The Kier molecular flexibility index (Phi) is 13.2. The van der Waals surface area contributed by atoms with E-state index in [-0.39, 0.29) is 6.03 Å². The van der Waals surface area contributed by atoms with E-state index in [0.29, 0.717) is 32.8 Å². The normalized spacial score (nSPS) is 13.4. The molecule has 1 fully saturated rings. The van der Waals surface area contributed by atoms with E-state index in [1.165, 1.54) is 5.56 Å². The van der Waals surface area contributed by atoms with E-state index in [9.17, 15) is 44.3 Å². The summed E-state index contributed by atoms with van der Waals surface area (Å²) in [4.78, 5) is 28.4. The lowest BCUT2D eigenvalue weighted by Gasteiger charge is -2.16. The van der Waals surface area contributed by atoms with Crippen LogP contribution in [0.15, 0.2) is 60.1 Å². The second-order valence-corrected chi connectivity index (χ2v) is 13.5. The molecule has 52 heavy (non-hydrogen) atoms. The molecule has 0 unspecified atom stereocenters. The molecule has 13 nitrogen and oxygen atoms in total. The molecule has 0 spiro atoms. The molecule has 0 radical (unpaired) electrons. The number of benzene rings is 2. The molecule has 0 saturated carbocycles. The molecule has 21 heteroatoms. The Labute approximate surface area is 298 Å². The van der Waals surface area contributed by atoms with Crippen molar-refractivity contribution in [3.63, 3.8) is 0 Å². The SMILES string of the molecule is C[n+]1nn(-c2ccc(-c3nc(CCc4ccccc4)cs3)c(OCCN3CCNC3=O)c2)cc1CCCN.O=C(OS(=O)(=O)C(F)(F)F)C(F)(F)F. The number of amides is 2. The highest BCUT2D eigenvalue weighted by atomic mass is 32.2. The highest BCUT2D eigenvalue weighted by Gasteiger charge is 2.54. The fraction of sp³-hybridized carbons (Fsp3) is 0.387. The first kappa shape index (κ1) is 40.0. The number of nitrogens with zero attached hydrogens (tertiary/aromatic N) is 5. The number of urea groups is 1. The number of carbonyl (C=O) groups is 2. The lowest BCUT2D eigenvalue weighted by molar-refractivity contribution is -0.738. The molecule has 3 heterocycles. The number of rotatable bonds is 13. The standard InChI is InChI=1S/C28H33N7O2S.C3F6O4S/c1-33-24(8-5-13-29)19-35(32-33)23-11-12-25(26(18-23)37-17-16-34-15-14-30-28(34)36)27-31-22(20-38-27)10-9-21-6-3-2-4-7-21;4-2(5,6)1(10)13-14(11,12)3(7,8)9/h2-4,6-7,11-12,18-20H,5,8-10,13-17,29H2,1H3;/p+1. The number of hydrogen-bond donors (Lipinski definition) is 2. The Morgan fingerprint density at radius 2 is 1.81 bits per heavy atom. The molecule has 2 aromatic carbocycles. The lowest BCUT2D eigenvalue weighted by Crippen LogP contribution is -2.35. The first-order valence-electron chi connectivity index (χ1n) is 15.5. The molecule has 2 aromatic heterocycles. The Hall–Kier alpha value is -4.76. The predicted octanol–water partition coefficient (Wildman–Crippen LogP) is 3.84. The Morgan fingerprint density at radius 1 is 1.08 bits per heavy atom. The molecular formula is C31H34F6N7O6S2+. The summed E-state index contributed by atoms with van der Waals surface area (Å²) in [5.41, 5.74) is 4.96. The molecule has 5 rings (SSSR count). The van der Waals surface area contributed by atoms with Gasteiger partial charge in [0.25, 0.3) is 0 Å². The quantitative estimate of drug-likeness (QED) is 0.0890. The number of carbonyl (C=O) groups excluding carboxylic acids is 2. The van der Waals surface area contributed by atoms with Gasteiger partial charge in [-0.2, -0.15) is 34.8 Å². The van der Waals surface area contributed by atoms with E-state index >= 15 is 0 Å². The van der Waals surface area contributed by atoms with Crippen LogP contribution in [0.5, 0.6) is 5.75 Å². The van der Waals surface area contributed by atoms with Crippen molar-refractivity contribution in [2.24, 2.45) is 12.8 Å². The molecule has 0 atom stereocenters. The maximum atomic E-state index is 11.9. The van der Waals surface area contributed by atoms with E-state index < -0.39 is 27.8 Å². The predicted molar refractivity (Wildman–Crippen MR) is 175 cm³/mol. The molecule has 4 aromatic rings. The summed E-state index contributed by atoms with van der Waals surface area (Å²) in [6.45, 7) is 2.93. The van der Waals surface area contributed by atoms with Gasteiger partial charge in [-0.25, -0.2) is 14.6 Å². The van der Waals surface area contributed by atoms with Crippen LogP contribution in [0.2, 0.25) is 0 Å². The Morgan fingerprint density at radius 3 is 2.44 bits per heavy atom. The number of aromatic nitrogens is 4. The summed E-state index contributed by atoms with van der Waals surface area (Å²) in [5, 5.41) is 10.5. The number of aryl methyl sites for hydroxylation is 4. The number of ether oxygens (including phenoxy) is 1. The average Bonchev–Trinajstić information content (AvgIpc) is 3.82. The van der Waals surface area contributed by atoms with Crippen LogP contribution in [0.25, 0.3) is 16.3 Å². The summed E-state index contributed by atoms with van der Waals surface area (Å²) >= 11 is 1.62. The number of hydrogen-bond acceptors (Lipinski definition) is 10. The van der Waals surface area contributed by atoms with Gasteiger partial charge in [-0.05, 0) is 43.5 Å². The van der Waals surface area contributed by atoms with Gasteiger partial charge in [0.05, 0.1) is 23.0 Å². The molecular weight excluding hydrogens is 745 g/mol. The van der Waals surface area contributed by atoms with Crippen molar-refractivity contribution in [2.45, 2.75) is 37.4 Å². The van der Waals surface area contributed by atoms with E-state index in [1.54, 1.807) is 16.2 Å². The van der Waals surface area contributed by atoms with E-state index in [0.717, 1.165) is 59.1 Å². The highest BCUT2D eigenvalue weighted by Crippen LogP contribution is 2.34. The molecule has 2 amide bonds. The van der Waals surface area contributed by atoms with E-state index in [4.69, 9.17) is 15.5 Å². The van der Waals surface area contributed by atoms with Gasteiger partial charge in [0, 0.05) is 31.0 Å². The van der Waals surface area contributed by atoms with Gasteiger partial charge in [0.2, 0.25) is 0 Å². The highest BCUT2D eigenvalue weighted by molar-refractivity contribution is 7.88. The fourth-order valence-corrected chi connectivity index (χ4v) is 5.96. The Balaban J connectivity index is 0.000000368. The van der Waals surface area contributed by atoms with Crippen molar-refractivity contribution in [3.05, 3.63) is 77.1 Å². The van der Waals surface area contributed by atoms with Crippen LogP contribution in [-0.4, -0.2) is 84.7 Å². The van der Waals surface area contributed by atoms with Gasteiger partial charge < -0.3 is 24.9 Å². The molecule has 1 saturated heterocycles. The molecule has 1 aliphatic rings. The van der Waals surface area contributed by atoms with Crippen LogP contribution in [0.3, 0.4) is 0 Å². The molecule has 282 valence electrons. The summed E-state index contributed by atoms with van der Waals surface area (Å²) < 4.78 is 99.8. The summed E-state index contributed by atoms with van der Waals surface area (Å²) in [6, 6.07) is 16.5. The minimum atomic E-state index is -6.55. The molecule has 0 aliphatic carbocycles. The molecule has 1 aliphatic heterocycles.